The number of nitrogens with zero attached hydrogens (tertiary/aromatic N) is 3. The van der Waals surface area contributed by atoms with Crippen LogP contribution in [0.2, 0.25) is 5.02 Å². The van der Waals surface area contributed by atoms with Gasteiger partial charge in [0.15, 0.2) is 0 Å². The molecule has 154 valence electrons. The number of piperazine rings is 1. The van der Waals surface area contributed by atoms with Crippen molar-refractivity contribution in [3.63, 3.8) is 0 Å². The van der Waals surface area contributed by atoms with Gasteiger partial charge in [-0.3, -0.25) is 9.69 Å². The number of amides is 1. The molecule has 0 aliphatic carbocycles. The molecule has 4 rings (SSSR count). The highest BCUT2D eigenvalue weighted by atomic mass is 35.5. The summed E-state index contributed by atoms with van der Waals surface area (Å²) in [6, 6.07) is 16.2. The van der Waals surface area contributed by atoms with Crippen LogP contribution in [0.4, 0.5) is 5.69 Å². The smallest absolute Gasteiger partial charge is 0.253 e. The Morgan fingerprint density at radius 3 is 2.17 bits per heavy atom. The van der Waals surface area contributed by atoms with E-state index in [2.05, 4.69) is 28.0 Å². The average Bonchev–Trinajstić information content (AvgIpc) is 3.03. The molecule has 0 aromatic heterocycles. The zero-order chi connectivity index (χ0) is 20.1. The van der Waals surface area contributed by atoms with Crippen molar-refractivity contribution in [3.8, 4) is 0 Å². The van der Waals surface area contributed by atoms with Gasteiger partial charge in [-0.1, -0.05) is 42.6 Å². The molecule has 2 aromatic rings. The number of halogens is 1. The monoisotopic (exact) mass is 411 g/mol. The summed E-state index contributed by atoms with van der Waals surface area (Å²) in [6.07, 6.45) is 5.32. The quantitative estimate of drug-likeness (QED) is 0.730. The third kappa shape index (κ3) is 5.31. The van der Waals surface area contributed by atoms with E-state index in [0.717, 1.165) is 49.0 Å². The second-order valence-corrected chi connectivity index (χ2v) is 8.58. The number of benzene rings is 2. The van der Waals surface area contributed by atoms with Gasteiger partial charge < -0.3 is 9.80 Å². The van der Waals surface area contributed by atoms with Crippen LogP contribution in [0, 0.1) is 0 Å². The van der Waals surface area contributed by atoms with Gasteiger partial charge in [0.05, 0.1) is 0 Å². The summed E-state index contributed by atoms with van der Waals surface area (Å²) in [4.78, 5) is 19.7. The molecule has 0 radical (unpaired) electrons. The Labute approximate surface area is 179 Å². The Morgan fingerprint density at radius 2 is 1.52 bits per heavy atom. The second kappa shape index (κ2) is 9.64. The number of carbonyl (C=O) groups excluding carboxylic acids is 1. The van der Waals surface area contributed by atoms with E-state index in [1.807, 2.05) is 35.2 Å². The van der Waals surface area contributed by atoms with E-state index in [0.29, 0.717) is 0 Å². The Bertz CT molecular complexity index is 807. The summed E-state index contributed by atoms with van der Waals surface area (Å²) in [5.41, 5.74) is 3.22. The van der Waals surface area contributed by atoms with Crippen molar-refractivity contribution in [2.24, 2.45) is 0 Å². The van der Waals surface area contributed by atoms with Crippen LogP contribution in [0.1, 0.15) is 41.6 Å². The molecule has 2 aromatic carbocycles. The maximum absolute atomic E-state index is 12.9. The minimum Gasteiger partial charge on any atom is -0.368 e. The molecule has 0 atom stereocenters. The minimum atomic E-state index is 0.136. The third-order valence-electron chi connectivity index (χ3n) is 6.05. The summed E-state index contributed by atoms with van der Waals surface area (Å²) < 4.78 is 0. The SMILES string of the molecule is O=C(c1ccc(CN2CCCCCC2)cc1)N1CCN(c2cccc(Cl)c2)CC1. The van der Waals surface area contributed by atoms with Crippen LogP contribution in [-0.2, 0) is 6.54 Å². The van der Waals surface area contributed by atoms with Gasteiger partial charge in [-0.25, -0.2) is 0 Å². The molecule has 0 N–H and O–H groups in total. The van der Waals surface area contributed by atoms with Gasteiger partial charge in [0.2, 0.25) is 0 Å². The summed E-state index contributed by atoms with van der Waals surface area (Å²) in [5, 5.41) is 0.751. The van der Waals surface area contributed by atoms with Gasteiger partial charge in [-0.2, -0.15) is 0 Å². The number of likely N-dealkylation sites (tertiary alicyclic amines) is 1. The molecule has 2 saturated heterocycles. The normalized spacial score (nSPS) is 18.5. The Kier molecular flexibility index (Phi) is 6.73. The van der Waals surface area contributed by atoms with Crippen LogP contribution < -0.4 is 4.90 Å². The van der Waals surface area contributed by atoms with Gasteiger partial charge in [0.1, 0.15) is 0 Å². The largest absolute Gasteiger partial charge is 0.368 e. The van der Waals surface area contributed by atoms with Gasteiger partial charge >= 0.3 is 0 Å². The summed E-state index contributed by atoms with van der Waals surface area (Å²) in [5.74, 6) is 0.136. The zero-order valence-electron chi connectivity index (χ0n) is 17.0. The maximum Gasteiger partial charge on any atom is 0.253 e. The second-order valence-electron chi connectivity index (χ2n) is 8.15. The molecular formula is C24H30ClN3O. The third-order valence-corrected chi connectivity index (χ3v) is 6.28. The van der Waals surface area contributed by atoms with Crippen LogP contribution in [0.25, 0.3) is 0 Å². The van der Waals surface area contributed by atoms with Gasteiger partial charge in [0.25, 0.3) is 5.91 Å². The average molecular weight is 412 g/mol. The fourth-order valence-corrected chi connectivity index (χ4v) is 4.51. The Balaban J connectivity index is 1.31. The molecule has 2 aliphatic heterocycles. The van der Waals surface area contributed by atoms with Crippen LogP contribution in [0.3, 0.4) is 0 Å². The van der Waals surface area contributed by atoms with Crippen LogP contribution in [0.5, 0.6) is 0 Å². The van der Waals surface area contributed by atoms with Crippen molar-refractivity contribution >= 4 is 23.2 Å². The molecule has 0 unspecified atom stereocenters. The van der Waals surface area contributed by atoms with E-state index in [1.54, 1.807) is 0 Å². The van der Waals surface area contributed by atoms with Gasteiger partial charge in [-0.15, -0.1) is 0 Å². The first-order valence-corrected chi connectivity index (χ1v) is 11.2. The van der Waals surface area contributed by atoms with E-state index in [-0.39, 0.29) is 5.91 Å². The van der Waals surface area contributed by atoms with Crippen LogP contribution in [0.15, 0.2) is 48.5 Å². The lowest BCUT2D eigenvalue weighted by Gasteiger charge is -2.36. The molecule has 0 spiro atoms. The lowest BCUT2D eigenvalue weighted by Crippen LogP contribution is -2.48. The first kappa shape index (κ1) is 20.2. The number of anilines is 1. The molecule has 2 heterocycles. The standard InChI is InChI=1S/C24H30ClN3O/c25-22-6-5-7-23(18-22)27-14-16-28(17-15-27)24(29)21-10-8-20(9-11-21)19-26-12-3-1-2-4-13-26/h5-11,18H,1-4,12-17,19H2. The molecule has 1 amide bonds. The van der Waals surface area contributed by atoms with Crippen LogP contribution in [-0.4, -0.2) is 55.0 Å². The van der Waals surface area contributed by atoms with E-state index in [4.69, 9.17) is 11.6 Å². The lowest BCUT2D eigenvalue weighted by molar-refractivity contribution is 0.0747. The number of carbonyl (C=O) groups is 1. The number of rotatable bonds is 4. The highest BCUT2D eigenvalue weighted by Crippen LogP contribution is 2.21. The lowest BCUT2D eigenvalue weighted by atomic mass is 10.1. The molecular weight excluding hydrogens is 382 g/mol. The van der Waals surface area contributed by atoms with E-state index in [1.165, 1.54) is 44.3 Å². The Morgan fingerprint density at radius 1 is 0.828 bits per heavy atom. The van der Waals surface area contributed by atoms with Crippen molar-refractivity contribution < 1.29 is 4.79 Å². The zero-order valence-corrected chi connectivity index (χ0v) is 17.8. The number of hydrogen-bond acceptors (Lipinski definition) is 3. The molecule has 0 saturated carbocycles. The summed E-state index contributed by atoms with van der Waals surface area (Å²) in [6.45, 7) is 6.52. The Hall–Kier alpha value is -2.04. The highest BCUT2D eigenvalue weighted by Gasteiger charge is 2.22. The van der Waals surface area contributed by atoms with E-state index < -0.39 is 0 Å². The topological polar surface area (TPSA) is 26.8 Å². The fraction of sp³-hybridized carbons (Fsp3) is 0.458. The van der Waals surface area contributed by atoms with Gasteiger partial charge in [-0.05, 0) is 61.8 Å². The molecule has 0 bridgehead atoms. The fourth-order valence-electron chi connectivity index (χ4n) is 4.33. The molecule has 2 aliphatic rings. The molecule has 5 heteroatoms. The van der Waals surface area contributed by atoms with Gasteiger partial charge in [0, 0.05) is 49.0 Å². The minimum absolute atomic E-state index is 0.136. The van der Waals surface area contributed by atoms with Crippen molar-refractivity contribution in [1.82, 2.24) is 9.80 Å². The maximum atomic E-state index is 12.9. The van der Waals surface area contributed by atoms with Crippen molar-refractivity contribution in [1.29, 1.82) is 0 Å². The van der Waals surface area contributed by atoms with E-state index in [9.17, 15) is 4.79 Å². The summed E-state index contributed by atoms with van der Waals surface area (Å²) >= 11 is 6.11. The molecule has 4 nitrogen and oxygen atoms in total. The summed E-state index contributed by atoms with van der Waals surface area (Å²) in [7, 11) is 0. The van der Waals surface area contributed by atoms with Crippen molar-refractivity contribution in [2.75, 3.05) is 44.2 Å². The number of hydrogen-bond donors (Lipinski definition) is 0. The predicted molar refractivity (Wildman–Crippen MR) is 120 cm³/mol. The predicted octanol–water partition coefficient (Wildman–Crippen LogP) is 4.68. The first-order chi connectivity index (χ1) is 14.2. The molecule has 2 fully saturated rings. The van der Waals surface area contributed by atoms with E-state index >= 15 is 0 Å². The molecule has 29 heavy (non-hydrogen) atoms. The van der Waals surface area contributed by atoms with Crippen molar-refractivity contribution in [2.45, 2.75) is 32.2 Å². The first-order valence-electron chi connectivity index (χ1n) is 10.8. The highest BCUT2D eigenvalue weighted by molar-refractivity contribution is 6.30. The van der Waals surface area contributed by atoms with Crippen LogP contribution >= 0.6 is 11.6 Å². The van der Waals surface area contributed by atoms with Crippen molar-refractivity contribution in [3.05, 3.63) is 64.7 Å².